The van der Waals surface area contributed by atoms with E-state index >= 15 is 0 Å². The normalized spacial score (nSPS) is 12.1. The van der Waals surface area contributed by atoms with Crippen molar-refractivity contribution in [2.45, 2.75) is 26.0 Å². The zero-order chi connectivity index (χ0) is 15.8. The van der Waals surface area contributed by atoms with Crippen LogP contribution in [0.1, 0.15) is 24.9 Å². The highest BCUT2D eigenvalue weighted by Crippen LogP contribution is 2.28. The van der Waals surface area contributed by atoms with Gasteiger partial charge in [0.1, 0.15) is 5.75 Å². The zero-order valence-electron chi connectivity index (χ0n) is 12.1. The van der Waals surface area contributed by atoms with Gasteiger partial charge in [0.05, 0.1) is 12.6 Å². The first-order valence-corrected chi connectivity index (χ1v) is 6.65. The number of aliphatic hydroxyl groups excluding tert-OH is 1. The van der Waals surface area contributed by atoms with E-state index in [1.807, 2.05) is 6.92 Å². The van der Waals surface area contributed by atoms with E-state index in [0.29, 0.717) is 12.0 Å². The Hall–Kier alpha value is -1.89. The van der Waals surface area contributed by atoms with Crippen molar-refractivity contribution in [2.75, 3.05) is 20.2 Å². The van der Waals surface area contributed by atoms with Gasteiger partial charge < -0.3 is 20.1 Å². The molecule has 1 aromatic carbocycles. The predicted octanol–water partition coefficient (Wildman–Crippen LogP) is 2.37. The standard InChI is InChI=1S/C14H20F2N2O3/c1-3-11(17-14(20)18(2)8-9-19)10-6-4-5-7-12(10)21-13(15)16/h4-7,11,13,19H,3,8-9H2,1-2H3,(H,17,20). The van der Waals surface area contributed by atoms with Crippen molar-refractivity contribution in [3.63, 3.8) is 0 Å². The number of alkyl halides is 2. The fraction of sp³-hybridized carbons (Fsp3) is 0.500. The monoisotopic (exact) mass is 302 g/mol. The van der Waals surface area contributed by atoms with Gasteiger partial charge in [-0.3, -0.25) is 0 Å². The van der Waals surface area contributed by atoms with Crippen molar-refractivity contribution in [1.82, 2.24) is 10.2 Å². The maximum Gasteiger partial charge on any atom is 0.387 e. The quantitative estimate of drug-likeness (QED) is 0.813. The maximum atomic E-state index is 12.4. The first-order chi connectivity index (χ1) is 9.99. The van der Waals surface area contributed by atoms with Gasteiger partial charge in [0, 0.05) is 19.2 Å². The molecule has 0 radical (unpaired) electrons. The second kappa shape index (κ2) is 8.41. The lowest BCUT2D eigenvalue weighted by atomic mass is 10.0. The number of nitrogens with zero attached hydrogens (tertiary/aromatic N) is 1. The molecule has 0 saturated carbocycles. The van der Waals surface area contributed by atoms with Crippen molar-refractivity contribution >= 4 is 6.03 Å². The summed E-state index contributed by atoms with van der Waals surface area (Å²) in [6.45, 7) is -1.05. The molecular formula is C14H20F2N2O3. The minimum atomic E-state index is -2.92. The van der Waals surface area contributed by atoms with E-state index in [9.17, 15) is 13.6 Å². The minimum Gasteiger partial charge on any atom is -0.434 e. The zero-order valence-corrected chi connectivity index (χ0v) is 12.1. The molecule has 2 N–H and O–H groups in total. The van der Waals surface area contributed by atoms with Gasteiger partial charge in [-0.2, -0.15) is 8.78 Å². The molecule has 7 heteroatoms. The summed E-state index contributed by atoms with van der Waals surface area (Å²) >= 11 is 0. The number of nitrogens with one attached hydrogen (secondary N) is 1. The molecule has 0 aliphatic carbocycles. The van der Waals surface area contributed by atoms with E-state index in [1.165, 1.54) is 11.0 Å². The largest absolute Gasteiger partial charge is 0.434 e. The molecule has 5 nitrogen and oxygen atoms in total. The van der Waals surface area contributed by atoms with Crippen LogP contribution in [0.4, 0.5) is 13.6 Å². The lowest BCUT2D eigenvalue weighted by Gasteiger charge is -2.24. The summed E-state index contributed by atoms with van der Waals surface area (Å²) in [5, 5.41) is 11.5. The van der Waals surface area contributed by atoms with Crippen LogP contribution in [0.25, 0.3) is 0 Å². The summed E-state index contributed by atoms with van der Waals surface area (Å²) in [6.07, 6.45) is 0.516. The number of para-hydroxylation sites is 1. The third kappa shape index (κ3) is 5.18. The van der Waals surface area contributed by atoms with Crippen LogP contribution in [0, 0.1) is 0 Å². The molecule has 2 amide bonds. The Morgan fingerprint density at radius 3 is 2.67 bits per heavy atom. The Morgan fingerprint density at radius 2 is 2.10 bits per heavy atom. The number of halogens is 2. The van der Waals surface area contributed by atoms with Gasteiger partial charge >= 0.3 is 12.6 Å². The summed E-state index contributed by atoms with van der Waals surface area (Å²) in [5.74, 6) is 0.0458. The molecule has 1 atom stereocenters. The minimum absolute atomic E-state index is 0.0458. The molecule has 0 fully saturated rings. The number of benzene rings is 1. The lowest BCUT2D eigenvalue weighted by molar-refractivity contribution is -0.0507. The third-order valence-electron chi connectivity index (χ3n) is 3.00. The number of carbonyl (C=O) groups excluding carboxylic acids is 1. The van der Waals surface area contributed by atoms with Crippen molar-refractivity contribution < 1.29 is 23.4 Å². The Kier molecular flexibility index (Phi) is 6.87. The van der Waals surface area contributed by atoms with Crippen molar-refractivity contribution in [3.8, 4) is 5.75 Å². The van der Waals surface area contributed by atoms with Crippen LogP contribution in [0.5, 0.6) is 5.75 Å². The maximum absolute atomic E-state index is 12.4. The van der Waals surface area contributed by atoms with Gasteiger partial charge in [-0.05, 0) is 12.5 Å². The summed E-state index contributed by atoms with van der Waals surface area (Å²) in [7, 11) is 1.54. The Morgan fingerprint density at radius 1 is 1.43 bits per heavy atom. The molecule has 0 bridgehead atoms. The molecule has 0 aliphatic rings. The molecule has 0 saturated heterocycles. The molecule has 0 spiro atoms. The van der Waals surface area contributed by atoms with Crippen molar-refractivity contribution in [2.24, 2.45) is 0 Å². The first-order valence-electron chi connectivity index (χ1n) is 6.65. The second-order valence-corrected chi connectivity index (χ2v) is 4.47. The Bertz CT molecular complexity index is 458. The van der Waals surface area contributed by atoms with E-state index in [4.69, 9.17) is 5.11 Å². The third-order valence-corrected chi connectivity index (χ3v) is 3.00. The number of likely N-dealkylation sites (N-methyl/N-ethyl adjacent to an activating group) is 1. The summed E-state index contributed by atoms with van der Waals surface area (Å²) in [5.41, 5.74) is 0.492. The number of amides is 2. The lowest BCUT2D eigenvalue weighted by Crippen LogP contribution is -2.40. The van der Waals surface area contributed by atoms with Gasteiger partial charge in [-0.25, -0.2) is 4.79 Å². The number of rotatable bonds is 7. The molecule has 0 aromatic heterocycles. The van der Waals surface area contributed by atoms with Crippen molar-refractivity contribution in [1.29, 1.82) is 0 Å². The molecule has 21 heavy (non-hydrogen) atoms. The van der Waals surface area contributed by atoms with E-state index in [1.54, 1.807) is 25.2 Å². The van der Waals surface area contributed by atoms with Crippen LogP contribution in [0.2, 0.25) is 0 Å². The van der Waals surface area contributed by atoms with Crippen LogP contribution in [0.3, 0.4) is 0 Å². The highest BCUT2D eigenvalue weighted by Gasteiger charge is 2.20. The van der Waals surface area contributed by atoms with Crippen LogP contribution in [-0.4, -0.2) is 42.8 Å². The molecular weight excluding hydrogens is 282 g/mol. The first kappa shape index (κ1) is 17.2. The fourth-order valence-electron chi connectivity index (χ4n) is 1.88. The Balaban J connectivity index is 2.87. The molecule has 1 unspecified atom stereocenters. The summed E-state index contributed by atoms with van der Waals surface area (Å²) in [6, 6.07) is 5.52. The molecule has 0 heterocycles. The summed E-state index contributed by atoms with van der Waals surface area (Å²) in [4.78, 5) is 13.2. The smallest absolute Gasteiger partial charge is 0.387 e. The molecule has 1 rings (SSSR count). The Labute approximate surface area is 122 Å². The van der Waals surface area contributed by atoms with Gasteiger partial charge in [0.2, 0.25) is 0 Å². The van der Waals surface area contributed by atoms with E-state index in [2.05, 4.69) is 10.1 Å². The van der Waals surface area contributed by atoms with Gasteiger partial charge in [-0.15, -0.1) is 0 Å². The number of aliphatic hydroxyl groups is 1. The van der Waals surface area contributed by atoms with E-state index in [0.717, 1.165) is 0 Å². The predicted molar refractivity (Wildman–Crippen MR) is 74.4 cm³/mol. The highest BCUT2D eigenvalue weighted by molar-refractivity contribution is 5.74. The fourth-order valence-corrected chi connectivity index (χ4v) is 1.88. The second-order valence-electron chi connectivity index (χ2n) is 4.47. The van der Waals surface area contributed by atoms with Crippen LogP contribution < -0.4 is 10.1 Å². The van der Waals surface area contributed by atoms with E-state index < -0.39 is 12.7 Å². The van der Waals surface area contributed by atoms with Crippen LogP contribution >= 0.6 is 0 Å². The topological polar surface area (TPSA) is 61.8 Å². The van der Waals surface area contributed by atoms with Gasteiger partial charge in [0.25, 0.3) is 0 Å². The SMILES string of the molecule is CCC(NC(=O)N(C)CCO)c1ccccc1OC(F)F. The average molecular weight is 302 g/mol. The van der Waals surface area contributed by atoms with E-state index in [-0.39, 0.29) is 24.9 Å². The number of urea groups is 1. The number of carbonyl (C=O) groups is 1. The number of hydrogen-bond donors (Lipinski definition) is 2. The average Bonchev–Trinajstić information content (AvgIpc) is 2.45. The molecule has 118 valence electrons. The van der Waals surface area contributed by atoms with Gasteiger partial charge in [0.15, 0.2) is 0 Å². The van der Waals surface area contributed by atoms with Crippen molar-refractivity contribution in [3.05, 3.63) is 29.8 Å². The van der Waals surface area contributed by atoms with Crippen LogP contribution in [0.15, 0.2) is 24.3 Å². The number of hydrogen-bond acceptors (Lipinski definition) is 3. The summed E-state index contributed by atoms with van der Waals surface area (Å²) < 4.78 is 29.3. The van der Waals surface area contributed by atoms with Gasteiger partial charge in [-0.1, -0.05) is 25.1 Å². The number of ether oxygens (including phenoxy) is 1. The highest BCUT2D eigenvalue weighted by atomic mass is 19.3. The molecule has 0 aliphatic heterocycles. The molecule has 1 aromatic rings. The van der Waals surface area contributed by atoms with Crippen LogP contribution in [-0.2, 0) is 0 Å².